The number of alkyl halides is 3. The summed E-state index contributed by atoms with van der Waals surface area (Å²) in [5, 5.41) is 0. The molecule has 2 rings (SSSR count). The van der Waals surface area contributed by atoms with E-state index in [4.69, 9.17) is 9.47 Å². The molecule has 0 spiro atoms. The van der Waals surface area contributed by atoms with Crippen LogP contribution in [-0.2, 0) is 16.2 Å². The molecular formula is C16H16F3NO4S. The first-order valence-electron chi connectivity index (χ1n) is 6.99. The Morgan fingerprint density at radius 3 is 1.96 bits per heavy atom. The number of hydrogen-bond donors (Lipinski definition) is 0. The zero-order chi connectivity index (χ0) is 18.8. The van der Waals surface area contributed by atoms with E-state index in [9.17, 15) is 21.6 Å². The molecule has 2 aromatic carbocycles. The number of benzene rings is 2. The summed E-state index contributed by atoms with van der Waals surface area (Å²) < 4.78 is 74.3. The van der Waals surface area contributed by atoms with Crippen LogP contribution in [0.3, 0.4) is 0 Å². The summed E-state index contributed by atoms with van der Waals surface area (Å²) in [6.45, 7) is 0. The summed E-state index contributed by atoms with van der Waals surface area (Å²) in [6.07, 6.45) is -4.49. The van der Waals surface area contributed by atoms with Gasteiger partial charge in [0, 0.05) is 13.1 Å². The van der Waals surface area contributed by atoms with Gasteiger partial charge < -0.3 is 9.47 Å². The van der Waals surface area contributed by atoms with E-state index in [2.05, 4.69) is 0 Å². The number of methoxy groups -OCH3 is 2. The van der Waals surface area contributed by atoms with E-state index in [-0.39, 0.29) is 16.3 Å². The second-order valence-electron chi connectivity index (χ2n) is 5.03. The Bertz CT molecular complexity index is 849. The molecule has 0 heterocycles. The highest BCUT2D eigenvalue weighted by molar-refractivity contribution is 7.92. The lowest BCUT2D eigenvalue weighted by molar-refractivity contribution is -0.137. The minimum atomic E-state index is -4.49. The summed E-state index contributed by atoms with van der Waals surface area (Å²) in [6, 6.07) is 7.91. The monoisotopic (exact) mass is 375 g/mol. The maximum Gasteiger partial charge on any atom is 0.416 e. The molecule has 0 fully saturated rings. The number of halogens is 3. The Balaban J connectivity index is 2.39. The van der Waals surface area contributed by atoms with Crippen LogP contribution in [0.1, 0.15) is 5.56 Å². The van der Waals surface area contributed by atoms with E-state index < -0.39 is 21.8 Å². The van der Waals surface area contributed by atoms with E-state index in [0.29, 0.717) is 5.75 Å². The van der Waals surface area contributed by atoms with Crippen molar-refractivity contribution in [3.63, 3.8) is 0 Å². The van der Waals surface area contributed by atoms with Gasteiger partial charge in [0.25, 0.3) is 10.0 Å². The van der Waals surface area contributed by atoms with Gasteiger partial charge in [0.15, 0.2) is 11.5 Å². The smallest absolute Gasteiger partial charge is 0.416 e. The number of anilines is 1. The number of sulfonamides is 1. The Morgan fingerprint density at radius 2 is 1.48 bits per heavy atom. The molecule has 0 aliphatic heterocycles. The van der Waals surface area contributed by atoms with Crippen molar-refractivity contribution in [3.05, 3.63) is 48.0 Å². The van der Waals surface area contributed by atoms with E-state index in [1.54, 1.807) is 0 Å². The van der Waals surface area contributed by atoms with E-state index in [1.165, 1.54) is 39.5 Å². The Hall–Kier alpha value is -2.42. The van der Waals surface area contributed by atoms with Crippen molar-refractivity contribution >= 4 is 15.7 Å². The summed E-state index contributed by atoms with van der Waals surface area (Å²) in [4.78, 5) is -0.0763. The van der Waals surface area contributed by atoms with Crippen LogP contribution in [0.25, 0.3) is 0 Å². The lowest BCUT2D eigenvalue weighted by Gasteiger charge is -2.20. The van der Waals surface area contributed by atoms with E-state index >= 15 is 0 Å². The van der Waals surface area contributed by atoms with Crippen molar-refractivity contribution < 1.29 is 31.1 Å². The van der Waals surface area contributed by atoms with Crippen LogP contribution in [0, 0.1) is 0 Å². The average Bonchev–Trinajstić information content (AvgIpc) is 2.59. The first-order valence-corrected chi connectivity index (χ1v) is 8.43. The number of hydrogen-bond acceptors (Lipinski definition) is 4. The molecule has 0 unspecified atom stereocenters. The molecule has 0 bridgehead atoms. The standard InChI is InChI=1S/C16H16F3NO4S/c1-20(12-6-4-11(5-7-12)16(17,18)19)25(21,22)13-8-9-14(23-2)15(10-13)24-3/h4-10H,1-3H3. The van der Waals surface area contributed by atoms with E-state index in [1.807, 2.05) is 0 Å². The summed E-state index contributed by atoms with van der Waals surface area (Å²) in [5.74, 6) is 0.586. The summed E-state index contributed by atoms with van der Waals surface area (Å²) in [7, 11) is 0.0631. The van der Waals surface area contributed by atoms with Crippen LogP contribution < -0.4 is 13.8 Å². The molecule has 0 amide bonds. The van der Waals surface area contributed by atoms with Crippen molar-refractivity contribution in [2.45, 2.75) is 11.1 Å². The average molecular weight is 375 g/mol. The molecule has 0 radical (unpaired) electrons. The van der Waals surface area contributed by atoms with Gasteiger partial charge in [0.2, 0.25) is 0 Å². The van der Waals surface area contributed by atoms with Gasteiger partial charge in [-0.05, 0) is 36.4 Å². The highest BCUT2D eigenvalue weighted by Crippen LogP contribution is 2.33. The van der Waals surface area contributed by atoms with Crippen molar-refractivity contribution in [3.8, 4) is 11.5 Å². The van der Waals surface area contributed by atoms with Gasteiger partial charge >= 0.3 is 6.18 Å². The molecule has 0 aliphatic carbocycles. The molecule has 0 aromatic heterocycles. The largest absolute Gasteiger partial charge is 0.493 e. The third-order valence-electron chi connectivity index (χ3n) is 3.57. The molecule has 0 N–H and O–H groups in total. The van der Waals surface area contributed by atoms with Crippen molar-refractivity contribution in [1.82, 2.24) is 0 Å². The lowest BCUT2D eigenvalue weighted by Crippen LogP contribution is -2.26. The van der Waals surface area contributed by atoms with Crippen LogP contribution >= 0.6 is 0 Å². The highest BCUT2D eigenvalue weighted by atomic mass is 32.2. The third kappa shape index (κ3) is 3.81. The quantitative estimate of drug-likeness (QED) is 0.802. The SMILES string of the molecule is COc1ccc(S(=O)(=O)N(C)c2ccc(C(F)(F)F)cc2)cc1OC. The Labute approximate surface area is 143 Å². The Morgan fingerprint density at radius 1 is 0.920 bits per heavy atom. The van der Waals surface area contributed by atoms with Gasteiger partial charge in [-0.25, -0.2) is 8.42 Å². The van der Waals surface area contributed by atoms with Gasteiger partial charge in [-0.1, -0.05) is 0 Å². The highest BCUT2D eigenvalue weighted by Gasteiger charge is 2.30. The molecule has 0 aliphatic rings. The van der Waals surface area contributed by atoms with Crippen LogP contribution in [0.5, 0.6) is 11.5 Å². The van der Waals surface area contributed by atoms with Crippen LogP contribution in [-0.4, -0.2) is 29.7 Å². The van der Waals surface area contributed by atoms with Gasteiger partial charge in [-0.15, -0.1) is 0 Å². The number of nitrogens with zero attached hydrogens (tertiary/aromatic N) is 1. The second kappa shape index (κ2) is 6.83. The molecule has 2 aromatic rings. The maximum atomic E-state index is 12.7. The number of rotatable bonds is 5. The third-order valence-corrected chi connectivity index (χ3v) is 5.35. The van der Waals surface area contributed by atoms with Crippen LogP contribution in [0.4, 0.5) is 18.9 Å². The fraction of sp³-hybridized carbons (Fsp3) is 0.250. The normalized spacial score (nSPS) is 11.9. The Kier molecular flexibility index (Phi) is 5.17. The fourth-order valence-corrected chi connectivity index (χ4v) is 3.35. The predicted molar refractivity (Wildman–Crippen MR) is 86.6 cm³/mol. The van der Waals surface area contributed by atoms with Crippen molar-refractivity contribution in [2.24, 2.45) is 0 Å². The zero-order valence-electron chi connectivity index (χ0n) is 13.7. The summed E-state index contributed by atoms with van der Waals surface area (Å²) in [5.41, 5.74) is -0.754. The van der Waals surface area contributed by atoms with Gasteiger partial charge in [0.05, 0.1) is 30.4 Å². The first-order chi connectivity index (χ1) is 11.6. The van der Waals surface area contributed by atoms with Gasteiger partial charge in [-0.3, -0.25) is 4.31 Å². The predicted octanol–water partition coefficient (Wildman–Crippen LogP) is 3.55. The number of ether oxygens (including phenoxy) is 2. The lowest BCUT2D eigenvalue weighted by atomic mass is 10.2. The maximum absolute atomic E-state index is 12.7. The molecular weight excluding hydrogens is 359 g/mol. The first kappa shape index (κ1) is 18.9. The molecule has 0 saturated heterocycles. The molecule has 136 valence electrons. The second-order valence-corrected chi connectivity index (χ2v) is 7.00. The van der Waals surface area contributed by atoms with Gasteiger partial charge in [0.1, 0.15) is 0 Å². The fourth-order valence-electron chi connectivity index (χ4n) is 2.13. The molecule has 0 atom stereocenters. The minimum Gasteiger partial charge on any atom is -0.493 e. The van der Waals surface area contributed by atoms with Crippen LogP contribution in [0.15, 0.2) is 47.4 Å². The van der Waals surface area contributed by atoms with Crippen LogP contribution in [0.2, 0.25) is 0 Å². The topological polar surface area (TPSA) is 55.8 Å². The molecule has 25 heavy (non-hydrogen) atoms. The molecule has 9 heteroatoms. The van der Waals surface area contributed by atoms with Crippen molar-refractivity contribution in [1.29, 1.82) is 0 Å². The van der Waals surface area contributed by atoms with Gasteiger partial charge in [-0.2, -0.15) is 13.2 Å². The summed E-state index contributed by atoms with van der Waals surface area (Å²) >= 11 is 0. The molecule has 0 saturated carbocycles. The zero-order valence-corrected chi connectivity index (χ0v) is 14.5. The van der Waals surface area contributed by atoms with E-state index in [0.717, 1.165) is 28.6 Å². The van der Waals surface area contributed by atoms with Crippen molar-refractivity contribution in [2.75, 3.05) is 25.6 Å². The minimum absolute atomic E-state index is 0.0763. The molecule has 5 nitrogen and oxygen atoms in total.